The number of β-amino-alcohol motifs (C(OH)–C–C–N with tert-alkyl or cyclic N) is 1. The van der Waals surface area contributed by atoms with Gasteiger partial charge < -0.3 is 24.6 Å². The Morgan fingerprint density at radius 3 is 2.39 bits per heavy atom. The van der Waals surface area contributed by atoms with Crippen LogP contribution in [0.15, 0.2) is 48.5 Å². The number of benzene rings is 2. The minimum Gasteiger partial charge on any atom is -0.492 e. The molecule has 0 aliphatic carbocycles. The van der Waals surface area contributed by atoms with E-state index in [1.165, 1.54) is 4.90 Å². The molecule has 4 rings (SSSR count). The molecule has 10 heteroatoms. The van der Waals surface area contributed by atoms with Crippen LogP contribution >= 0.6 is 11.6 Å². The molecule has 2 aliphatic rings. The summed E-state index contributed by atoms with van der Waals surface area (Å²) in [6.07, 6.45) is 0. The summed E-state index contributed by atoms with van der Waals surface area (Å²) in [6, 6.07) is 14.3. The van der Waals surface area contributed by atoms with Crippen LogP contribution in [0.5, 0.6) is 11.5 Å². The van der Waals surface area contributed by atoms with E-state index in [2.05, 4.69) is 10.2 Å². The van der Waals surface area contributed by atoms with Gasteiger partial charge in [-0.1, -0.05) is 23.7 Å². The Hall–Kier alpha value is -2.85. The number of carbonyl (C=O) groups excluding carboxylic acids is 2. The highest BCUT2D eigenvalue weighted by molar-refractivity contribution is 6.30. The molecule has 2 aliphatic heterocycles. The van der Waals surface area contributed by atoms with Crippen molar-refractivity contribution in [2.75, 3.05) is 46.1 Å². The SMILES string of the molecule is CC1(C)NC(=O)N(CCOc2ccc(CN3CCOCC(O)(COc4ccc(Cl)cc4)C3)cc2)C1=O. The minimum atomic E-state index is -1.15. The van der Waals surface area contributed by atoms with Gasteiger partial charge in [-0.15, -0.1) is 0 Å². The number of carbonyl (C=O) groups is 2. The van der Waals surface area contributed by atoms with E-state index >= 15 is 0 Å². The van der Waals surface area contributed by atoms with Crippen molar-refractivity contribution in [1.82, 2.24) is 15.1 Å². The molecule has 194 valence electrons. The van der Waals surface area contributed by atoms with Gasteiger partial charge in [0, 0.05) is 24.7 Å². The number of amides is 3. The second-order valence-corrected chi connectivity index (χ2v) is 10.2. The summed E-state index contributed by atoms with van der Waals surface area (Å²) in [6.45, 7) is 6.27. The molecule has 36 heavy (non-hydrogen) atoms. The first-order valence-electron chi connectivity index (χ1n) is 11.9. The number of imide groups is 1. The van der Waals surface area contributed by atoms with E-state index in [0.29, 0.717) is 42.8 Å². The molecule has 3 amide bonds. The maximum atomic E-state index is 12.3. The lowest BCUT2D eigenvalue weighted by Gasteiger charge is -2.30. The van der Waals surface area contributed by atoms with Crippen molar-refractivity contribution in [2.24, 2.45) is 0 Å². The summed E-state index contributed by atoms with van der Waals surface area (Å²) in [7, 11) is 0. The van der Waals surface area contributed by atoms with Crippen molar-refractivity contribution in [1.29, 1.82) is 0 Å². The number of nitrogens with zero attached hydrogens (tertiary/aromatic N) is 2. The number of ether oxygens (including phenoxy) is 3. The van der Waals surface area contributed by atoms with Crippen LogP contribution in [0.3, 0.4) is 0 Å². The highest BCUT2D eigenvalue weighted by atomic mass is 35.5. The quantitative estimate of drug-likeness (QED) is 0.493. The number of aliphatic hydroxyl groups is 1. The summed E-state index contributed by atoms with van der Waals surface area (Å²) in [5, 5.41) is 14.4. The molecule has 0 aromatic heterocycles. The Balaban J connectivity index is 1.26. The molecule has 1 atom stereocenters. The van der Waals surface area contributed by atoms with Crippen molar-refractivity contribution >= 4 is 23.5 Å². The number of rotatable bonds is 9. The lowest BCUT2D eigenvalue weighted by atomic mass is 10.1. The van der Waals surface area contributed by atoms with Crippen molar-refractivity contribution in [3.05, 3.63) is 59.1 Å². The summed E-state index contributed by atoms with van der Waals surface area (Å²) >= 11 is 5.92. The van der Waals surface area contributed by atoms with Crippen molar-refractivity contribution in [3.63, 3.8) is 0 Å². The summed E-state index contributed by atoms with van der Waals surface area (Å²) in [5.74, 6) is 1.03. The van der Waals surface area contributed by atoms with Gasteiger partial charge >= 0.3 is 6.03 Å². The molecule has 0 bridgehead atoms. The van der Waals surface area contributed by atoms with E-state index in [9.17, 15) is 14.7 Å². The third-order valence-electron chi connectivity index (χ3n) is 6.12. The zero-order valence-corrected chi connectivity index (χ0v) is 21.3. The molecular formula is C26H32ClN3O6. The van der Waals surface area contributed by atoms with E-state index in [4.69, 9.17) is 25.8 Å². The van der Waals surface area contributed by atoms with Crippen molar-refractivity contribution < 1.29 is 28.9 Å². The standard InChI is InChI=1S/C26H32ClN3O6/c1-25(2)23(31)30(24(32)28-25)12-14-35-21-7-3-19(4-8-21)15-29-11-13-34-17-26(33,16-29)18-36-22-9-5-20(27)6-10-22/h3-10,33H,11-18H2,1-2H3,(H,28,32). The first-order chi connectivity index (χ1) is 17.1. The molecule has 2 saturated heterocycles. The fourth-order valence-electron chi connectivity index (χ4n) is 4.19. The van der Waals surface area contributed by atoms with Gasteiger partial charge in [0.25, 0.3) is 5.91 Å². The first kappa shape index (κ1) is 26.2. The topological polar surface area (TPSA) is 101 Å². The van der Waals surface area contributed by atoms with Crippen LogP contribution in [0.25, 0.3) is 0 Å². The number of urea groups is 1. The fourth-order valence-corrected chi connectivity index (χ4v) is 4.32. The van der Waals surface area contributed by atoms with Crippen molar-refractivity contribution in [3.8, 4) is 11.5 Å². The third-order valence-corrected chi connectivity index (χ3v) is 6.37. The van der Waals surface area contributed by atoms with Crippen LogP contribution in [-0.2, 0) is 16.1 Å². The summed E-state index contributed by atoms with van der Waals surface area (Å²) in [5.41, 5.74) is -0.973. The van der Waals surface area contributed by atoms with Gasteiger partial charge in [0.2, 0.25) is 0 Å². The normalized spacial score (nSPS) is 22.3. The highest BCUT2D eigenvalue weighted by Gasteiger charge is 2.43. The number of nitrogens with one attached hydrogen (secondary N) is 1. The van der Waals surface area contributed by atoms with E-state index in [0.717, 1.165) is 5.56 Å². The second-order valence-electron chi connectivity index (χ2n) is 9.73. The molecule has 2 aromatic rings. The third kappa shape index (κ3) is 6.67. The van der Waals surface area contributed by atoms with E-state index < -0.39 is 17.2 Å². The maximum Gasteiger partial charge on any atom is 0.325 e. The van der Waals surface area contributed by atoms with Crippen molar-refractivity contribution in [2.45, 2.75) is 31.5 Å². The molecule has 2 fully saturated rings. The van der Waals surface area contributed by atoms with Crippen LogP contribution in [0.2, 0.25) is 5.02 Å². The van der Waals surface area contributed by atoms with Gasteiger partial charge in [0.05, 0.1) is 19.8 Å². The molecule has 2 heterocycles. The molecule has 0 saturated carbocycles. The van der Waals surface area contributed by atoms with Crippen LogP contribution in [0, 0.1) is 0 Å². The zero-order valence-electron chi connectivity index (χ0n) is 20.5. The predicted octanol–water partition coefficient (Wildman–Crippen LogP) is 2.69. The van der Waals surface area contributed by atoms with Gasteiger partial charge in [-0.25, -0.2) is 4.79 Å². The zero-order chi connectivity index (χ0) is 25.8. The minimum absolute atomic E-state index is 0.104. The van der Waals surface area contributed by atoms with Crippen LogP contribution in [-0.4, -0.2) is 84.0 Å². The van der Waals surface area contributed by atoms with Gasteiger partial charge in [0.15, 0.2) is 0 Å². The Morgan fingerprint density at radius 1 is 1.06 bits per heavy atom. The van der Waals surface area contributed by atoms with E-state index in [-0.39, 0.29) is 32.3 Å². The molecule has 2 N–H and O–H groups in total. The lowest BCUT2D eigenvalue weighted by Crippen LogP contribution is -2.48. The van der Waals surface area contributed by atoms with E-state index in [1.807, 2.05) is 24.3 Å². The monoisotopic (exact) mass is 517 g/mol. The smallest absolute Gasteiger partial charge is 0.325 e. The van der Waals surface area contributed by atoms with Gasteiger partial charge in [-0.05, 0) is 55.8 Å². The molecular weight excluding hydrogens is 486 g/mol. The highest BCUT2D eigenvalue weighted by Crippen LogP contribution is 2.21. The number of hydrogen-bond donors (Lipinski definition) is 2. The molecule has 0 spiro atoms. The lowest BCUT2D eigenvalue weighted by molar-refractivity contribution is -0.130. The number of halogens is 1. The maximum absolute atomic E-state index is 12.3. The number of hydrogen-bond acceptors (Lipinski definition) is 7. The summed E-state index contributed by atoms with van der Waals surface area (Å²) in [4.78, 5) is 27.5. The van der Waals surface area contributed by atoms with Gasteiger partial charge in [0.1, 0.15) is 35.9 Å². The van der Waals surface area contributed by atoms with Crippen LogP contribution in [0.4, 0.5) is 4.79 Å². The van der Waals surface area contributed by atoms with E-state index in [1.54, 1.807) is 38.1 Å². The van der Waals surface area contributed by atoms with Crippen LogP contribution < -0.4 is 14.8 Å². The molecule has 0 radical (unpaired) electrons. The second kappa shape index (κ2) is 11.0. The summed E-state index contributed by atoms with van der Waals surface area (Å²) < 4.78 is 17.2. The fraction of sp³-hybridized carbons (Fsp3) is 0.462. The Kier molecular flexibility index (Phi) is 8.04. The van der Waals surface area contributed by atoms with Gasteiger partial charge in [-0.3, -0.25) is 14.6 Å². The van der Waals surface area contributed by atoms with Gasteiger partial charge in [-0.2, -0.15) is 0 Å². The molecule has 1 unspecified atom stereocenters. The van der Waals surface area contributed by atoms with Crippen LogP contribution in [0.1, 0.15) is 19.4 Å². The average Bonchev–Trinajstić information content (AvgIpc) is 2.95. The Bertz CT molecular complexity index is 1060. The Labute approximate surface area is 215 Å². The average molecular weight is 518 g/mol. The Morgan fingerprint density at radius 2 is 1.72 bits per heavy atom. The molecule has 9 nitrogen and oxygen atoms in total. The molecule has 2 aromatic carbocycles. The first-order valence-corrected chi connectivity index (χ1v) is 12.3. The predicted molar refractivity (Wildman–Crippen MR) is 134 cm³/mol. The largest absolute Gasteiger partial charge is 0.492 e.